The molecule has 112 valence electrons. The second-order valence-electron chi connectivity index (χ2n) is 4.73. The van der Waals surface area contributed by atoms with E-state index < -0.39 is 0 Å². The van der Waals surface area contributed by atoms with Gasteiger partial charge in [0.2, 0.25) is 0 Å². The number of hydrogen-bond donors (Lipinski definition) is 2. The number of methoxy groups -OCH3 is 2. The molecule has 3 N–H and O–H groups in total. The Morgan fingerprint density at radius 3 is 2.38 bits per heavy atom. The fourth-order valence-electron chi connectivity index (χ4n) is 2.22. The molecule has 0 spiro atoms. The zero-order valence-electron chi connectivity index (χ0n) is 12.4. The van der Waals surface area contributed by atoms with Crippen LogP contribution in [0, 0.1) is 0 Å². The molecule has 1 unspecified atom stereocenters. The predicted octanol–water partition coefficient (Wildman–Crippen LogP) is 2.24. The van der Waals surface area contributed by atoms with Crippen molar-refractivity contribution in [3.63, 3.8) is 0 Å². The Morgan fingerprint density at radius 2 is 1.86 bits per heavy atom. The van der Waals surface area contributed by atoms with E-state index in [0.29, 0.717) is 0 Å². The largest absolute Gasteiger partial charge is 0.497 e. The minimum Gasteiger partial charge on any atom is -0.497 e. The normalized spacial score (nSPS) is 12.0. The minimum absolute atomic E-state index is 0.0102. The number of ether oxygens (including phenoxy) is 2. The van der Waals surface area contributed by atoms with E-state index in [1.54, 1.807) is 20.4 Å². The Kier molecular flexibility index (Phi) is 5.54. The third-order valence-electron chi connectivity index (χ3n) is 3.39. The minimum atomic E-state index is 0.0102. The molecule has 0 bridgehead atoms. The Labute approximate surface area is 125 Å². The van der Waals surface area contributed by atoms with Gasteiger partial charge in [0, 0.05) is 24.0 Å². The molecule has 1 aromatic heterocycles. The lowest BCUT2D eigenvalue weighted by Crippen LogP contribution is -2.28. The first-order valence-electron chi connectivity index (χ1n) is 6.86. The van der Waals surface area contributed by atoms with Gasteiger partial charge in [-0.1, -0.05) is 6.07 Å². The van der Waals surface area contributed by atoms with Crippen molar-refractivity contribution in [2.24, 2.45) is 5.84 Å². The summed E-state index contributed by atoms with van der Waals surface area (Å²) in [6.45, 7) is 0. The molecule has 0 amide bonds. The molecule has 0 fully saturated rings. The van der Waals surface area contributed by atoms with Crippen LogP contribution in [0.2, 0.25) is 0 Å². The van der Waals surface area contributed by atoms with Crippen LogP contribution in [0.3, 0.4) is 0 Å². The summed E-state index contributed by atoms with van der Waals surface area (Å²) in [6, 6.07) is 11.7. The molecule has 0 aliphatic heterocycles. The highest BCUT2D eigenvalue weighted by Crippen LogP contribution is 2.28. The van der Waals surface area contributed by atoms with Gasteiger partial charge in [0.05, 0.1) is 14.2 Å². The monoisotopic (exact) mass is 287 g/mol. The van der Waals surface area contributed by atoms with Gasteiger partial charge in [-0.05, 0) is 42.7 Å². The molecule has 0 saturated heterocycles. The highest BCUT2D eigenvalue weighted by Gasteiger charge is 2.13. The number of benzene rings is 1. The van der Waals surface area contributed by atoms with Crippen LogP contribution in [0.4, 0.5) is 0 Å². The lowest BCUT2D eigenvalue weighted by atomic mass is 10.0. The molecule has 0 radical (unpaired) electrons. The van der Waals surface area contributed by atoms with Crippen molar-refractivity contribution in [2.75, 3.05) is 14.2 Å². The summed E-state index contributed by atoms with van der Waals surface area (Å²) in [5.74, 6) is 7.20. The first-order valence-corrected chi connectivity index (χ1v) is 6.86. The maximum atomic E-state index is 5.70. The van der Waals surface area contributed by atoms with Crippen molar-refractivity contribution in [1.82, 2.24) is 10.4 Å². The zero-order valence-corrected chi connectivity index (χ0v) is 12.4. The average molecular weight is 287 g/mol. The fraction of sp³-hybridized carbons (Fsp3) is 0.312. The van der Waals surface area contributed by atoms with Crippen molar-refractivity contribution >= 4 is 0 Å². The summed E-state index contributed by atoms with van der Waals surface area (Å²) in [5.41, 5.74) is 4.93. The van der Waals surface area contributed by atoms with Gasteiger partial charge in [0.1, 0.15) is 11.5 Å². The SMILES string of the molecule is COc1cc(OC)cc(C(CCc2ccccn2)NN)c1. The molecule has 5 nitrogen and oxygen atoms in total. The van der Waals surface area contributed by atoms with Crippen molar-refractivity contribution in [2.45, 2.75) is 18.9 Å². The van der Waals surface area contributed by atoms with Crippen LogP contribution in [0.1, 0.15) is 23.7 Å². The second kappa shape index (κ2) is 7.61. The van der Waals surface area contributed by atoms with Gasteiger partial charge in [-0.2, -0.15) is 0 Å². The van der Waals surface area contributed by atoms with Gasteiger partial charge < -0.3 is 9.47 Å². The van der Waals surface area contributed by atoms with E-state index in [1.807, 2.05) is 36.4 Å². The maximum absolute atomic E-state index is 5.70. The van der Waals surface area contributed by atoms with Gasteiger partial charge in [-0.15, -0.1) is 0 Å². The first kappa shape index (κ1) is 15.3. The lowest BCUT2D eigenvalue weighted by Gasteiger charge is -2.18. The molecule has 1 aromatic carbocycles. The van der Waals surface area contributed by atoms with Crippen LogP contribution in [0.15, 0.2) is 42.6 Å². The molecule has 1 heterocycles. The van der Waals surface area contributed by atoms with Crippen molar-refractivity contribution < 1.29 is 9.47 Å². The number of pyridine rings is 1. The first-order chi connectivity index (χ1) is 10.3. The molecule has 0 saturated carbocycles. The number of nitrogens with one attached hydrogen (secondary N) is 1. The third kappa shape index (κ3) is 4.18. The maximum Gasteiger partial charge on any atom is 0.122 e. The van der Waals surface area contributed by atoms with Crippen molar-refractivity contribution in [1.29, 1.82) is 0 Å². The zero-order chi connectivity index (χ0) is 15.1. The van der Waals surface area contributed by atoms with Gasteiger partial charge in [0.25, 0.3) is 0 Å². The Bertz CT molecular complexity index is 538. The van der Waals surface area contributed by atoms with E-state index >= 15 is 0 Å². The number of hydrazine groups is 1. The van der Waals surface area contributed by atoms with Crippen LogP contribution in [-0.2, 0) is 6.42 Å². The number of nitrogens with two attached hydrogens (primary N) is 1. The molecule has 21 heavy (non-hydrogen) atoms. The number of aromatic nitrogens is 1. The summed E-state index contributed by atoms with van der Waals surface area (Å²) < 4.78 is 10.6. The summed E-state index contributed by atoms with van der Waals surface area (Å²) in [6.07, 6.45) is 3.48. The van der Waals surface area contributed by atoms with Crippen molar-refractivity contribution in [3.05, 3.63) is 53.9 Å². The molecule has 2 aromatic rings. The molecular weight excluding hydrogens is 266 g/mol. The quantitative estimate of drug-likeness (QED) is 0.604. The third-order valence-corrected chi connectivity index (χ3v) is 3.39. The van der Waals surface area contributed by atoms with Gasteiger partial charge in [-0.3, -0.25) is 16.3 Å². The van der Waals surface area contributed by atoms with Crippen LogP contribution in [0.25, 0.3) is 0 Å². The Hall–Kier alpha value is -2.11. The topological polar surface area (TPSA) is 69.4 Å². The van der Waals surface area contributed by atoms with Crippen LogP contribution in [0.5, 0.6) is 11.5 Å². The summed E-state index contributed by atoms with van der Waals surface area (Å²) in [5, 5.41) is 0. The molecule has 2 rings (SSSR count). The Balaban J connectivity index is 2.13. The van der Waals surface area contributed by atoms with Gasteiger partial charge in [-0.25, -0.2) is 0 Å². The van der Waals surface area contributed by atoms with Crippen LogP contribution in [-0.4, -0.2) is 19.2 Å². The molecule has 5 heteroatoms. The molecule has 1 atom stereocenters. The predicted molar refractivity (Wildman–Crippen MR) is 82.2 cm³/mol. The summed E-state index contributed by atoms with van der Waals surface area (Å²) >= 11 is 0. The van der Waals surface area contributed by atoms with E-state index in [1.165, 1.54) is 0 Å². The number of rotatable bonds is 7. The number of hydrogen-bond acceptors (Lipinski definition) is 5. The van der Waals surface area contributed by atoms with Crippen LogP contribution < -0.4 is 20.7 Å². The highest BCUT2D eigenvalue weighted by atomic mass is 16.5. The van der Waals surface area contributed by atoms with Gasteiger partial charge >= 0.3 is 0 Å². The number of aryl methyl sites for hydroxylation is 1. The summed E-state index contributed by atoms with van der Waals surface area (Å²) in [7, 11) is 3.27. The van der Waals surface area contributed by atoms with Crippen LogP contribution >= 0.6 is 0 Å². The number of nitrogens with zero attached hydrogens (tertiary/aromatic N) is 1. The van der Waals surface area contributed by atoms with E-state index in [9.17, 15) is 0 Å². The van der Waals surface area contributed by atoms with E-state index in [0.717, 1.165) is 35.6 Å². The van der Waals surface area contributed by atoms with E-state index in [2.05, 4.69) is 10.4 Å². The van der Waals surface area contributed by atoms with E-state index in [-0.39, 0.29) is 6.04 Å². The van der Waals surface area contributed by atoms with Gasteiger partial charge in [0.15, 0.2) is 0 Å². The lowest BCUT2D eigenvalue weighted by molar-refractivity contribution is 0.390. The molecule has 0 aliphatic rings. The van der Waals surface area contributed by atoms with Crippen molar-refractivity contribution in [3.8, 4) is 11.5 Å². The smallest absolute Gasteiger partial charge is 0.122 e. The fourth-order valence-corrected chi connectivity index (χ4v) is 2.22. The summed E-state index contributed by atoms with van der Waals surface area (Å²) in [4.78, 5) is 4.33. The Morgan fingerprint density at radius 1 is 1.14 bits per heavy atom. The molecule has 0 aliphatic carbocycles. The average Bonchev–Trinajstić information content (AvgIpc) is 2.56. The second-order valence-corrected chi connectivity index (χ2v) is 4.73. The van der Waals surface area contributed by atoms with E-state index in [4.69, 9.17) is 15.3 Å². The molecular formula is C16H21N3O2. The standard InChI is InChI=1S/C16H21N3O2/c1-20-14-9-12(10-15(11-14)21-2)16(19-17)7-6-13-5-3-4-8-18-13/h3-5,8-11,16,19H,6-7,17H2,1-2H3. The highest BCUT2D eigenvalue weighted by molar-refractivity contribution is 5.39.